The lowest BCUT2D eigenvalue weighted by atomic mass is 9.50. The Morgan fingerprint density at radius 1 is 1.14 bits per heavy atom. The van der Waals surface area contributed by atoms with Gasteiger partial charge in [-0.15, -0.1) is 0 Å². The van der Waals surface area contributed by atoms with Crippen LogP contribution in [-0.2, 0) is 4.74 Å². The third kappa shape index (κ3) is 3.80. The van der Waals surface area contributed by atoms with E-state index in [0.29, 0.717) is 24.6 Å². The minimum atomic E-state index is -0.368. The molecular weight excluding hydrogens is 262 g/mol. The van der Waals surface area contributed by atoms with Crippen molar-refractivity contribution in [3.8, 4) is 0 Å². The lowest BCUT2D eigenvalue weighted by Gasteiger charge is -2.56. The molecule has 4 aliphatic rings. The van der Waals surface area contributed by atoms with Crippen LogP contribution >= 0.6 is 0 Å². The molecule has 0 aromatic carbocycles. The summed E-state index contributed by atoms with van der Waals surface area (Å²) >= 11 is 0. The van der Waals surface area contributed by atoms with Crippen LogP contribution in [0.2, 0.25) is 0 Å². The van der Waals surface area contributed by atoms with Crippen molar-refractivity contribution in [2.75, 3.05) is 19.8 Å². The van der Waals surface area contributed by atoms with Crippen LogP contribution in [0.25, 0.3) is 0 Å². The van der Waals surface area contributed by atoms with Crippen LogP contribution < -0.4 is 5.32 Å². The molecule has 0 aromatic rings. The van der Waals surface area contributed by atoms with Gasteiger partial charge >= 0.3 is 0 Å². The predicted octanol–water partition coefficient (Wildman–Crippen LogP) is 2.97. The van der Waals surface area contributed by atoms with Gasteiger partial charge in [0.1, 0.15) is 0 Å². The Labute approximate surface area is 129 Å². The molecule has 3 nitrogen and oxygen atoms in total. The second kappa shape index (κ2) is 6.55. The number of rotatable bonds is 8. The van der Waals surface area contributed by atoms with Gasteiger partial charge in [-0.1, -0.05) is 6.92 Å². The van der Waals surface area contributed by atoms with Gasteiger partial charge in [0.15, 0.2) is 0 Å². The number of aliphatic hydroxyl groups excluding tert-OH is 1. The van der Waals surface area contributed by atoms with Gasteiger partial charge in [-0.3, -0.25) is 0 Å². The van der Waals surface area contributed by atoms with Crippen LogP contribution in [-0.4, -0.2) is 37.0 Å². The Kier molecular flexibility index (Phi) is 4.92. The summed E-state index contributed by atoms with van der Waals surface area (Å²) in [5.41, 5.74) is 0.471. The van der Waals surface area contributed by atoms with Crippen molar-refractivity contribution in [2.45, 2.75) is 70.9 Å². The summed E-state index contributed by atoms with van der Waals surface area (Å²) in [5.74, 6) is 2.95. The lowest BCUT2D eigenvalue weighted by molar-refractivity contribution is -0.105. The number of nitrogens with one attached hydrogen (secondary N) is 1. The van der Waals surface area contributed by atoms with Crippen LogP contribution in [0.1, 0.15) is 58.8 Å². The van der Waals surface area contributed by atoms with E-state index in [9.17, 15) is 5.11 Å². The van der Waals surface area contributed by atoms with Gasteiger partial charge in [0.05, 0.1) is 19.3 Å². The van der Waals surface area contributed by atoms with Gasteiger partial charge in [-0.25, -0.2) is 0 Å². The molecule has 4 fully saturated rings. The number of hydrogen-bond acceptors (Lipinski definition) is 3. The summed E-state index contributed by atoms with van der Waals surface area (Å²) in [6.45, 7) is 6.34. The molecule has 0 heterocycles. The van der Waals surface area contributed by atoms with Crippen molar-refractivity contribution in [2.24, 2.45) is 23.2 Å². The molecule has 0 amide bonds. The maximum absolute atomic E-state index is 10.0. The van der Waals surface area contributed by atoms with E-state index in [0.717, 1.165) is 30.8 Å². The smallest absolute Gasteiger partial charge is 0.0897 e. The van der Waals surface area contributed by atoms with Crippen LogP contribution in [0.5, 0.6) is 0 Å². The summed E-state index contributed by atoms with van der Waals surface area (Å²) in [5, 5.41) is 13.4. The fraction of sp³-hybridized carbons (Fsp3) is 1.00. The minimum Gasteiger partial charge on any atom is -0.389 e. The second-order valence-corrected chi connectivity index (χ2v) is 8.30. The molecule has 122 valence electrons. The van der Waals surface area contributed by atoms with Crippen molar-refractivity contribution in [1.82, 2.24) is 5.32 Å². The maximum Gasteiger partial charge on any atom is 0.0897 e. The average Bonchev–Trinajstić information content (AvgIpc) is 2.43. The first kappa shape index (κ1) is 15.8. The fourth-order valence-corrected chi connectivity index (χ4v) is 5.42. The summed E-state index contributed by atoms with van der Waals surface area (Å²) in [4.78, 5) is 0. The molecule has 0 radical (unpaired) electrons. The summed E-state index contributed by atoms with van der Waals surface area (Å²) in [7, 11) is 0. The summed E-state index contributed by atoms with van der Waals surface area (Å²) in [6, 6.07) is 0.475. The zero-order valence-corrected chi connectivity index (χ0v) is 13.8. The van der Waals surface area contributed by atoms with Crippen molar-refractivity contribution >= 4 is 0 Å². The number of aliphatic hydroxyl groups is 1. The number of ether oxygens (including phenoxy) is 1. The van der Waals surface area contributed by atoms with Gasteiger partial charge in [0.25, 0.3) is 0 Å². The van der Waals surface area contributed by atoms with E-state index in [-0.39, 0.29) is 6.10 Å². The third-order valence-electron chi connectivity index (χ3n) is 6.20. The lowest BCUT2D eigenvalue weighted by Crippen LogP contribution is -2.48. The summed E-state index contributed by atoms with van der Waals surface area (Å²) < 4.78 is 5.96. The monoisotopic (exact) mass is 295 g/mol. The normalized spacial score (nSPS) is 40.4. The van der Waals surface area contributed by atoms with Crippen LogP contribution in [0, 0.1) is 23.2 Å². The van der Waals surface area contributed by atoms with Gasteiger partial charge in [0, 0.05) is 12.6 Å². The first-order valence-electron chi connectivity index (χ1n) is 9.08. The van der Waals surface area contributed by atoms with Crippen LogP contribution in [0.4, 0.5) is 0 Å². The molecule has 4 saturated carbocycles. The quantitative estimate of drug-likeness (QED) is 0.723. The highest BCUT2D eigenvalue weighted by Gasteiger charge is 2.50. The highest BCUT2D eigenvalue weighted by atomic mass is 16.5. The van der Waals surface area contributed by atoms with Crippen molar-refractivity contribution in [3.05, 3.63) is 0 Å². The Morgan fingerprint density at radius 2 is 1.71 bits per heavy atom. The topological polar surface area (TPSA) is 41.5 Å². The molecule has 4 bridgehead atoms. The first-order valence-corrected chi connectivity index (χ1v) is 9.08. The standard InChI is InChI=1S/C18H33NO2/c1-3-13(2)19-10-17(20)11-21-12-18-7-14-4-15(8-18)6-16(5-14)9-18/h13-17,19-20H,3-12H2,1-2H3/t13-,14?,15?,16?,17+,18?/m0/s1. The van der Waals surface area contributed by atoms with E-state index >= 15 is 0 Å². The average molecular weight is 295 g/mol. The third-order valence-corrected chi connectivity index (χ3v) is 6.20. The fourth-order valence-electron chi connectivity index (χ4n) is 5.42. The van der Waals surface area contributed by atoms with E-state index in [1.165, 1.54) is 38.5 Å². The minimum absolute atomic E-state index is 0.368. The Bertz CT molecular complexity index is 309. The van der Waals surface area contributed by atoms with E-state index in [1.54, 1.807) is 0 Å². The van der Waals surface area contributed by atoms with Gasteiger partial charge in [-0.2, -0.15) is 0 Å². The molecule has 2 atom stereocenters. The maximum atomic E-state index is 10.0. The first-order chi connectivity index (χ1) is 10.1. The molecule has 4 rings (SSSR count). The molecule has 0 aliphatic heterocycles. The highest BCUT2D eigenvalue weighted by Crippen LogP contribution is 2.59. The van der Waals surface area contributed by atoms with Crippen molar-refractivity contribution in [3.63, 3.8) is 0 Å². The predicted molar refractivity (Wildman–Crippen MR) is 85.2 cm³/mol. The van der Waals surface area contributed by atoms with E-state index in [1.807, 2.05) is 0 Å². The second-order valence-electron chi connectivity index (χ2n) is 8.30. The van der Waals surface area contributed by atoms with E-state index in [4.69, 9.17) is 4.74 Å². The largest absolute Gasteiger partial charge is 0.389 e. The molecule has 0 saturated heterocycles. The van der Waals surface area contributed by atoms with Crippen molar-refractivity contribution < 1.29 is 9.84 Å². The Hall–Kier alpha value is -0.120. The van der Waals surface area contributed by atoms with Gasteiger partial charge in [-0.05, 0) is 75.0 Å². The Balaban J connectivity index is 1.39. The SMILES string of the molecule is CC[C@H](C)NC[C@@H](O)COCC12CC3CC(CC(C3)C1)C2. The van der Waals surface area contributed by atoms with Gasteiger partial charge < -0.3 is 15.2 Å². The Morgan fingerprint density at radius 3 is 2.24 bits per heavy atom. The molecule has 21 heavy (non-hydrogen) atoms. The molecule has 4 aliphatic carbocycles. The summed E-state index contributed by atoms with van der Waals surface area (Å²) in [6.07, 6.45) is 9.36. The molecule has 3 heteroatoms. The molecule has 0 unspecified atom stereocenters. The zero-order chi connectivity index (χ0) is 14.9. The van der Waals surface area contributed by atoms with E-state index < -0.39 is 0 Å². The molecule has 0 aromatic heterocycles. The van der Waals surface area contributed by atoms with Crippen LogP contribution in [0.3, 0.4) is 0 Å². The van der Waals surface area contributed by atoms with E-state index in [2.05, 4.69) is 19.2 Å². The highest BCUT2D eigenvalue weighted by molar-refractivity contribution is 5.01. The number of hydrogen-bond donors (Lipinski definition) is 2. The molecule has 0 spiro atoms. The van der Waals surface area contributed by atoms with Gasteiger partial charge in [0.2, 0.25) is 0 Å². The molecular formula is C18H33NO2. The molecule has 2 N–H and O–H groups in total. The van der Waals surface area contributed by atoms with Crippen molar-refractivity contribution in [1.29, 1.82) is 0 Å². The van der Waals surface area contributed by atoms with Crippen LogP contribution in [0.15, 0.2) is 0 Å². The zero-order valence-electron chi connectivity index (χ0n) is 13.8.